The fraction of sp³-hybridized carbons (Fsp3) is 0.368. The number of rotatable bonds is 3. The Morgan fingerprint density at radius 2 is 1.67 bits per heavy atom. The van der Waals surface area contributed by atoms with Crippen molar-refractivity contribution in [1.82, 2.24) is 4.90 Å². The topological polar surface area (TPSA) is 3.24 Å². The van der Waals surface area contributed by atoms with Gasteiger partial charge in [-0.1, -0.05) is 61.8 Å². The number of halogens is 1. The maximum absolute atomic E-state index is 6.29. The van der Waals surface area contributed by atoms with Crippen LogP contribution in [0.15, 0.2) is 48.5 Å². The van der Waals surface area contributed by atoms with Crippen LogP contribution >= 0.6 is 11.6 Å². The second-order valence-corrected chi connectivity index (χ2v) is 7.38. The van der Waals surface area contributed by atoms with Crippen LogP contribution in [0.3, 0.4) is 0 Å². The van der Waals surface area contributed by atoms with Gasteiger partial charge in [-0.25, -0.2) is 0 Å². The molecule has 0 aliphatic carbocycles. The zero-order valence-electron chi connectivity index (χ0n) is 12.9. The zero-order valence-corrected chi connectivity index (χ0v) is 13.7. The molecule has 2 heteroatoms. The lowest BCUT2D eigenvalue weighted by Gasteiger charge is -2.50. The molecule has 2 aromatic rings. The summed E-state index contributed by atoms with van der Waals surface area (Å²) in [5, 5.41) is 0.825. The molecular formula is C19H22ClN. The Balaban J connectivity index is 2.00. The molecule has 1 atom stereocenters. The lowest BCUT2D eigenvalue weighted by Crippen LogP contribution is -2.54. The van der Waals surface area contributed by atoms with E-state index >= 15 is 0 Å². The van der Waals surface area contributed by atoms with E-state index in [4.69, 9.17) is 11.6 Å². The van der Waals surface area contributed by atoms with Gasteiger partial charge in [0.1, 0.15) is 0 Å². The number of hydrogen-bond acceptors (Lipinski definition) is 1. The fourth-order valence-electron chi connectivity index (χ4n) is 3.41. The number of benzene rings is 2. The van der Waals surface area contributed by atoms with E-state index < -0.39 is 0 Å². The number of hydrogen-bond donors (Lipinski definition) is 0. The second-order valence-electron chi connectivity index (χ2n) is 6.94. The molecule has 1 nitrogen and oxygen atoms in total. The van der Waals surface area contributed by atoms with Gasteiger partial charge < -0.3 is 0 Å². The number of aryl methyl sites for hydroxylation is 1. The highest BCUT2D eigenvalue weighted by Gasteiger charge is 2.39. The van der Waals surface area contributed by atoms with Gasteiger partial charge in [0.05, 0.1) is 6.04 Å². The highest BCUT2D eigenvalue weighted by Crippen LogP contribution is 2.40. The van der Waals surface area contributed by atoms with Gasteiger partial charge in [-0.3, -0.25) is 4.90 Å². The van der Waals surface area contributed by atoms with Gasteiger partial charge in [-0.2, -0.15) is 0 Å². The average Bonchev–Trinajstić information content (AvgIpc) is 2.37. The van der Waals surface area contributed by atoms with Crippen molar-refractivity contribution in [1.29, 1.82) is 0 Å². The van der Waals surface area contributed by atoms with Crippen molar-refractivity contribution < 1.29 is 0 Å². The monoisotopic (exact) mass is 299 g/mol. The summed E-state index contributed by atoms with van der Waals surface area (Å²) in [4.78, 5) is 2.54. The Morgan fingerprint density at radius 3 is 2.24 bits per heavy atom. The summed E-state index contributed by atoms with van der Waals surface area (Å²) in [7, 11) is 0. The first-order chi connectivity index (χ1) is 9.94. The van der Waals surface area contributed by atoms with Crippen molar-refractivity contribution in [2.75, 3.05) is 13.1 Å². The first-order valence-corrected chi connectivity index (χ1v) is 7.88. The van der Waals surface area contributed by atoms with Crippen LogP contribution in [0.25, 0.3) is 0 Å². The Morgan fingerprint density at radius 1 is 1.00 bits per heavy atom. The molecule has 1 fully saturated rings. The Hall–Kier alpha value is -1.31. The van der Waals surface area contributed by atoms with Crippen LogP contribution in [0.2, 0.25) is 5.02 Å². The van der Waals surface area contributed by atoms with E-state index in [0.717, 1.165) is 18.1 Å². The van der Waals surface area contributed by atoms with E-state index in [2.05, 4.69) is 68.1 Å². The molecule has 1 aliphatic heterocycles. The second kappa shape index (κ2) is 5.47. The van der Waals surface area contributed by atoms with Gasteiger partial charge >= 0.3 is 0 Å². The minimum absolute atomic E-state index is 0.302. The standard InChI is InChI=1S/C19H22ClN/c1-14-9-16(11-17(20)10-14)18(15-7-5-4-6-8-15)21-12-19(2,3)13-21/h4-11,18H,12-13H2,1-3H3. The van der Waals surface area contributed by atoms with Crippen LogP contribution in [0.5, 0.6) is 0 Å². The van der Waals surface area contributed by atoms with Gasteiger partial charge in [0, 0.05) is 18.1 Å². The first kappa shape index (κ1) is 14.6. The molecule has 110 valence electrons. The smallest absolute Gasteiger partial charge is 0.0602 e. The summed E-state index contributed by atoms with van der Waals surface area (Å²) in [6, 6.07) is 17.4. The molecule has 3 rings (SSSR count). The van der Waals surface area contributed by atoms with E-state index in [-0.39, 0.29) is 0 Å². The Labute approximate surface area is 132 Å². The van der Waals surface area contributed by atoms with Crippen molar-refractivity contribution in [3.8, 4) is 0 Å². The summed E-state index contributed by atoms with van der Waals surface area (Å²) in [6.45, 7) is 9.01. The van der Waals surface area contributed by atoms with Crippen LogP contribution in [0, 0.1) is 12.3 Å². The SMILES string of the molecule is Cc1cc(Cl)cc(C(c2ccccc2)N2CC(C)(C)C2)c1. The minimum Gasteiger partial charge on any atom is -0.291 e. The summed E-state index contributed by atoms with van der Waals surface area (Å²) >= 11 is 6.29. The maximum atomic E-state index is 6.29. The average molecular weight is 300 g/mol. The highest BCUT2D eigenvalue weighted by atomic mass is 35.5. The van der Waals surface area contributed by atoms with Crippen molar-refractivity contribution >= 4 is 11.6 Å². The third-order valence-electron chi connectivity index (χ3n) is 4.12. The van der Waals surface area contributed by atoms with Gasteiger partial charge in [-0.15, -0.1) is 0 Å². The molecule has 1 heterocycles. The van der Waals surface area contributed by atoms with Crippen LogP contribution in [0.4, 0.5) is 0 Å². The van der Waals surface area contributed by atoms with Crippen molar-refractivity contribution in [3.05, 3.63) is 70.2 Å². The Kier molecular flexibility index (Phi) is 3.81. The summed E-state index contributed by atoms with van der Waals surface area (Å²) in [6.07, 6.45) is 0. The predicted octanol–water partition coefficient (Wildman–Crippen LogP) is 5.08. The highest BCUT2D eigenvalue weighted by molar-refractivity contribution is 6.30. The molecule has 1 aliphatic rings. The van der Waals surface area contributed by atoms with Crippen LogP contribution in [0.1, 0.15) is 36.6 Å². The molecule has 0 radical (unpaired) electrons. The zero-order chi connectivity index (χ0) is 15.0. The lowest BCUT2D eigenvalue weighted by molar-refractivity contribution is 0.00591. The van der Waals surface area contributed by atoms with Crippen molar-refractivity contribution in [2.45, 2.75) is 26.8 Å². The molecule has 2 aromatic carbocycles. The molecule has 0 saturated carbocycles. The van der Waals surface area contributed by atoms with E-state index in [1.54, 1.807) is 0 Å². The molecule has 0 amide bonds. The minimum atomic E-state index is 0.302. The molecule has 0 aromatic heterocycles. The summed E-state index contributed by atoms with van der Waals surface area (Å²) < 4.78 is 0. The molecule has 1 unspecified atom stereocenters. The van der Waals surface area contributed by atoms with E-state index in [9.17, 15) is 0 Å². The van der Waals surface area contributed by atoms with E-state index in [0.29, 0.717) is 11.5 Å². The summed E-state index contributed by atoms with van der Waals surface area (Å²) in [5.41, 5.74) is 4.27. The summed E-state index contributed by atoms with van der Waals surface area (Å²) in [5.74, 6) is 0. The van der Waals surface area contributed by atoms with Crippen LogP contribution in [-0.2, 0) is 0 Å². The largest absolute Gasteiger partial charge is 0.291 e. The van der Waals surface area contributed by atoms with Crippen molar-refractivity contribution in [3.63, 3.8) is 0 Å². The van der Waals surface area contributed by atoms with Crippen LogP contribution in [-0.4, -0.2) is 18.0 Å². The van der Waals surface area contributed by atoms with Gasteiger partial charge in [0.2, 0.25) is 0 Å². The molecular weight excluding hydrogens is 278 g/mol. The maximum Gasteiger partial charge on any atom is 0.0602 e. The third-order valence-corrected chi connectivity index (χ3v) is 4.34. The number of nitrogens with zero attached hydrogens (tertiary/aromatic N) is 1. The molecule has 1 saturated heterocycles. The van der Waals surface area contributed by atoms with Crippen molar-refractivity contribution in [2.24, 2.45) is 5.41 Å². The fourth-order valence-corrected chi connectivity index (χ4v) is 3.71. The third kappa shape index (κ3) is 3.14. The van der Waals surface area contributed by atoms with E-state index in [1.807, 2.05) is 6.07 Å². The predicted molar refractivity (Wildman–Crippen MR) is 89.8 cm³/mol. The van der Waals surface area contributed by atoms with Gasteiger partial charge in [0.25, 0.3) is 0 Å². The molecule has 0 bridgehead atoms. The molecule has 21 heavy (non-hydrogen) atoms. The van der Waals surface area contributed by atoms with Crippen LogP contribution < -0.4 is 0 Å². The van der Waals surface area contributed by atoms with Gasteiger partial charge in [-0.05, 0) is 41.2 Å². The Bertz CT molecular complexity index is 605. The lowest BCUT2D eigenvalue weighted by atomic mass is 9.81. The first-order valence-electron chi connectivity index (χ1n) is 7.51. The molecule has 0 N–H and O–H groups in total. The molecule has 0 spiro atoms. The van der Waals surface area contributed by atoms with Gasteiger partial charge in [0.15, 0.2) is 0 Å². The number of likely N-dealkylation sites (tertiary alicyclic amines) is 1. The quantitative estimate of drug-likeness (QED) is 0.764. The normalized spacial score (nSPS) is 19.0. The van der Waals surface area contributed by atoms with E-state index in [1.165, 1.54) is 16.7 Å².